The van der Waals surface area contributed by atoms with E-state index >= 15 is 0 Å². The molecule has 2 aromatic rings. The van der Waals surface area contributed by atoms with Gasteiger partial charge in [-0.3, -0.25) is 4.79 Å². The fourth-order valence-electron chi connectivity index (χ4n) is 3.49. The molecular formula is C19H20ClF3N2O2. The van der Waals surface area contributed by atoms with Gasteiger partial charge in [0.15, 0.2) is 0 Å². The highest BCUT2D eigenvalue weighted by atomic mass is 35.5. The van der Waals surface area contributed by atoms with Crippen LogP contribution in [0.1, 0.15) is 35.4 Å². The van der Waals surface area contributed by atoms with Crippen molar-refractivity contribution in [1.29, 1.82) is 0 Å². The molecule has 1 fully saturated rings. The first-order valence-electron chi connectivity index (χ1n) is 8.66. The van der Waals surface area contributed by atoms with Crippen molar-refractivity contribution in [2.75, 3.05) is 13.6 Å². The molecule has 8 heteroatoms. The molecule has 1 unspecified atom stereocenters. The average molecular weight is 401 g/mol. The predicted molar refractivity (Wildman–Crippen MR) is 96.5 cm³/mol. The molecule has 27 heavy (non-hydrogen) atoms. The molecule has 1 aromatic heterocycles. The van der Waals surface area contributed by atoms with E-state index in [2.05, 4.69) is 4.98 Å². The van der Waals surface area contributed by atoms with E-state index < -0.39 is 23.9 Å². The molecule has 146 valence electrons. The summed E-state index contributed by atoms with van der Waals surface area (Å²) in [7, 11) is 1.53. The van der Waals surface area contributed by atoms with Crippen LogP contribution in [0.4, 0.5) is 13.2 Å². The van der Waals surface area contributed by atoms with Crippen molar-refractivity contribution in [2.24, 2.45) is 5.92 Å². The number of aromatic amines is 1. The smallest absolute Gasteiger partial charge is 0.393 e. The largest absolute Gasteiger partial charge is 0.431 e. The zero-order valence-electron chi connectivity index (χ0n) is 14.7. The summed E-state index contributed by atoms with van der Waals surface area (Å²) in [4.78, 5) is 16.5. The topological polar surface area (TPSA) is 56.3 Å². The molecule has 0 bridgehead atoms. The number of benzene rings is 1. The van der Waals surface area contributed by atoms with E-state index in [0.717, 1.165) is 18.9 Å². The number of alkyl halides is 3. The van der Waals surface area contributed by atoms with Gasteiger partial charge < -0.3 is 15.0 Å². The number of nitrogens with one attached hydrogen (secondary N) is 1. The van der Waals surface area contributed by atoms with Gasteiger partial charge in [-0.1, -0.05) is 30.2 Å². The molecule has 0 saturated heterocycles. The zero-order valence-corrected chi connectivity index (χ0v) is 15.4. The minimum absolute atomic E-state index is 0.0602. The molecule has 0 spiro atoms. The molecule has 1 aromatic carbocycles. The van der Waals surface area contributed by atoms with Crippen molar-refractivity contribution in [1.82, 2.24) is 9.88 Å². The van der Waals surface area contributed by atoms with Crippen LogP contribution in [0, 0.1) is 5.92 Å². The highest BCUT2D eigenvalue weighted by molar-refractivity contribution is 6.30. The number of hydrogen-bond donors (Lipinski definition) is 2. The van der Waals surface area contributed by atoms with Gasteiger partial charge in [0.2, 0.25) is 0 Å². The van der Waals surface area contributed by atoms with Crippen molar-refractivity contribution in [3.8, 4) is 11.1 Å². The van der Waals surface area contributed by atoms with Crippen molar-refractivity contribution in [3.05, 3.63) is 46.7 Å². The molecule has 1 saturated carbocycles. The summed E-state index contributed by atoms with van der Waals surface area (Å²) in [5.41, 5.74) is -0.476. The van der Waals surface area contributed by atoms with Gasteiger partial charge in [0, 0.05) is 30.1 Å². The van der Waals surface area contributed by atoms with Gasteiger partial charge in [-0.25, -0.2) is 0 Å². The summed E-state index contributed by atoms with van der Waals surface area (Å²) in [6, 6.07) is 7.20. The Morgan fingerprint density at radius 2 is 1.96 bits per heavy atom. The number of carbonyl (C=O) groups excluding carboxylic acids is 1. The van der Waals surface area contributed by atoms with Gasteiger partial charge in [-0.2, -0.15) is 13.2 Å². The number of aliphatic hydroxyl groups is 1. The first kappa shape index (κ1) is 19.8. The standard InChI is InChI=1S/C19H20ClF3N2O2/c1-25(10-12-3-2-4-15(12)26)18(27)17-14(9-16(24-17)19(21,22)23)11-5-7-13(20)8-6-11/h5-9,12,15,24,26H,2-4,10H2,1H3/t12?,15-/m1/s1. The van der Waals surface area contributed by atoms with Crippen LogP contribution in [0.5, 0.6) is 0 Å². The number of halogens is 4. The lowest BCUT2D eigenvalue weighted by molar-refractivity contribution is -0.140. The molecule has 4 nitrogen and oxygen atoms in total. The van der Waals surface area contributed by atoms with E-state index in [0.29, 0.717) is 23.6 Å². The number of amides is 1. The Morgan fingerprint density at radius 3 is 2.52 bits per heavy atom. The molecule has 0 aliphatic heterocycles. The molecular weight excluding hydrogens is 381 g/mol. The van der Waals surface area contributed by atoms with Gasteiger partial charge in [-0.15, -0.1) is 0 Å². The number of aromatic nitrogens is 1. The maximum Gasteiger partial charge on any atom is 0.431 e. The Labute approximate surface area is 159 Å². The third kappa shape index (κ3) is 4.30. The molecule has 1 amide bonds. The minimum atomic E-state index is -4.60. The number of aliphatic hydroxyl groups excluding tert-OH is 1. The zero-order chi connectivity index (χ0) is 19.8. The Morgan fingerprint density at radius 1 is 1.30 bits per heavy atom. The van der Waals surface area contributed by atoms with E-state index in [9.17, 15) is 23.1 Å². The number of nitrogens with zero attached hydrogens (tertiary/aromatic N) is 1. The number of hydrogen-bond acceptors (Lipinski definition) is 2. The van der Waals surface area contributed by atoms with Gasteiger partial charge in [0.25, 0.3) is 5.91 Å². The Hall–Kier alpha value is -1.99. The van der Waals surface area contributed by atoms with Crippen molar-refractivity contribution < 1.29 is 23.1 Å². The Balaban J connectivity index is 1.93. The maximum atomic E-state index is 13.2. The third-order valence-corrected chi connectivity index (χ3v) is 5.22. The Bertz CT molecular complexity index is 817. The van der Waals surface area contributed by atoms with E-state index in [1.165, 1.54) is 11.9 Å². The summed E-state index contributed by atoms with van der Waals surface area (Å²) in [6.45, 7) is 0.292. The summed E-state index contributed by atoms with van der Waals surface area (Å²) in [5.74, 6) is -0.607. The van der Waals surface area contributed by atoms with Crippen LogP contribution in [0.15, 0.2) is 30.3 Å². The van der Waals surface area contributed by atoms with E-state index in [1.54, 1.807) is 24.3 Å². The molecule has 1 heterocycles. The average Bonchev–Trinajstić information content (AvgIpc) is 3.21. The quantitative estimate of drug-likeness (QED) is 0.788. The van der Waals surface area contributed by atoms with Crippen molar-refractivity contribution in [2.45, 2.75) is 31.5 Å². The summed E-state index contributed by atoms with van der Waals surface area (Å²) < 4.78 is 39.6. The predicted octanol–water partition coefficient (Wildman–Crippen LogP) is 4.59. The van der Waals surface area contributed by atoms with Crippen molar-refractivity contribution in [3.63, 3.8) is 0 Å². The van der Waals surface area contributed by atoms with Crippen molar-refractivity contribution >= 4 is 17.5 Å². The van der Waals surface area contributed by atoms with Crippen LogP contribution in [-0.4, -0.2) is 40.6 Å². The second-order valence-corrected chi connectivity index (χ2v) is 7.36. The van der Waals surface area contributed by atoms with Gasteiger partial charge in [0.1, 0.15) is 11.4 Å². The minimum Gasteiger partial charge on any atom is -0.393 e. The summed E-state index contributed by atoms with van der Waals surface area (Å²) in [5, 5.41) is 10.4. The molecule has 1 aliphatic carbocycles. The van der Waals surface area contributed by atoms with Crippen LogP contribution in [0.3, 0.4) is 0 Å². The molecule has 3 rings (SSSR count). The lowest BCUT2D eigenvalue weighted by atomic mass is 10.0. The second-order valence-electron chi connectivity index (χ2n) is 6.92. The van der Waals surface area contributed by atoms with E-state index in [-0.39, 0.29) is 17.2 Å². The molecule has 2 N–H and O–H groups in total. The fourth-order valence-corrected chi connectivity index (χ4v) is 3.61. The Kier molecular flexibility index (Phi) is 5.53. The number of carbonyl (C=O) groups is 1. The first-order chi connectivity index (χ1) is 12.7. The summed E-state index contributed by atoms with van der Waals surface area (Å²) >= 11 is 5.85. The lowest BCUT2D eigenvalue weighted by Crippen LogP contribution is -2.35. The second kappa shape index (κ2) is 7.56. The van der Waals surface area contributed by atoms with Crippen LogP contribution in [0.25, 0.3) is 11.1 Å². The normalized spacial score (nSPS) is 20.1. The summed E-state index contributed by atoms with van der Waals surface area (Å²) in [6.07, 6.45) is -2.72. The van der Waals surface area contributed by atoms with Crippen LogP contribution in [-0.2, 0) is 6.18 Å². The fraction of sp³-hybridized carbons (Fsp3) is 0.421. The lowest BCUT2D eigenvalue weighted by Gasteiger charge is -2.23. The molecule has 1 aliphatic rings. The highest BCUT2D eigenvalue weighted by Gasteiger charge is 2.36. The third-order valence-electron chi connectivity index (χ3n) is 4.97. The van der Waals surface area contributed by atoms with Gasteiger partial charge in [0.05, 0.1) is 6.10 Å². The highest BCUT2D eigenvalue weighted by Crippen LogP contribution is 2.35. The van der Waals surface area contributed by atoms with Gasteiger partial charge in [-0.05, 0) is 36.6 Å². The van der Waals surface area contributed by atoms with E-state index in [4.69, 9.17) is 11.6 Å². The maximum absolute atomic E-state index is 13.2. The monoisotopic (exact) mass is 400 g/mol. The van der Waals surface area contributed by atoms with E-state index in [1.807, 2.05) is 0 Å². The molecule has 2 atom stereocenters. The van der Waals surface area contributed by atoms with Gasteiger partial charge >= 0.3 is 6.18 Å². The van der Waals surface area contributed by atoms with Crippen LogP contribution >= 0.6 is 11.6 Å². The first-order valence-corrected chi connectivity index (χ1v) is 9.04. The molecule has 0 radical (unpaired) electrons. The van der Waals surface area contributed by atoms with Crippen LogP contribution < -0.4 is 0 Å². The number of rotatable bonds is 4. The van der Waals surface area contributed by atoms with Crippen LogP contribution in [0.2, 0.25) is 5.02 Å². The number of H-pyrrole nitrogens is 1. The SMILES string of the molecule is CN(CC1CCC[C@H]1O)C(=O)c1[nH]c(C(F)(F)F)cc1-c1ccc(Cl)cc1.